The minimum Gasteiger partial charge on any atom is -0.379 e. The van der Waals surface area contributed by atoms with Crippen molar-refractivity contribution < 1.29 is 9.47 Å². The highest BCUT2D eigenvalue weighted by molar-refractivity contribution is 4.70. The molecule has 1 radical (unpaired) electrons. The molecular formula is C15H29N2O2. The standard InChI is InChI=1S/C15H29N2O2/c1(2-4-6-16-8-12-18-13-9-16)3-5-7-17-10-14-19-15-11-17/h1H,2-15H2. The molecule has 0 aromatic heterocycles. The highest BCUT2D eigenvalue weighted by atomic mass is 16.5. The van der Waals surface area contributed by atoms with Crippen LogP contribution in [0.25, 0.3) is 0 Å². The molecule has 0 spiro atoms. The van der Waals surface area contributed by atoms with Gasteiger partial charge in [-0.05, 0) is 45.2 Å². The molecule has 2 rings (SSSR count). The van der Waals surface area contributed by atoms with E-state index in [-0.39, 0.29) is 0 Å². The molecule has 2 heterocycles. The third kappa shape index (κ3) is 6.70. The Bertz CT molecular complexity index is 192. The minimum absolute atomic E-state index is 0.920. The number of hydrogen-bond donors (Lipinski definition) is 0. The average molecular weight is 269 g/mol. The van der Waals surface area contributed by atoms with Gasteiger partial charge in [-0.15, -0.1) is 0 Å². The number of ether oxygens (including phenoxy) is 2. The number of nitrogens with zero attached hydrogens (tertiary/aromatic N) is 2. The molecule has 0 amide bonds. The van der Waals surface area contributed by atoms with Crippen molar-refractivity contribution in [2.45, 2.75) is 25.7 Å². The van der Waals surface area contributed by atoms with Gasteiger partial charge in [0.2, 0.25) is 0 Å². The van der Waals surface area contributed by atoms with Crippen LogP contribution in [0.15, 0.2) is 0 Å². The van der Waals surface area contributed by atoms with Crippen molar-refractivity contribution in [1.29, 1.82) is 0 Å². The summed E-state index contributed by atoms with van der Waals surface area (Å²) in [4.78, 5) is 5.04. The third-order valence-electron chi connectivity index (χ3n) is 3.97. The summed E-state index contributed by atoms with van der Waals surface area (Å²) in [5.41, 5.74) is 0. The predicted octanol–water partition coefficient (Wildman–Crippen LogP) is 1.42. The van der Waals surface area contributed by atoms with Crippen molar-refractivity contribution in [3.63, 3.8) is 0 Å². The average Bonchev–Trinajstić information content (AvgIpc) is 2.48. The molecule has 0 N–H and O–H groups in total. The maximum absolute atomic E-state index is 5.35. The van der Waals surface area contributed by atoms with Crippen molar-refractivity contribution in [2.24, 2.45) is 0 Å². The molecular weight excluding hydrogens is 240 g/mol. The van der Waals surface area contributed by atoms with E-state index in [1.54, 1.807) is 0 Å². The molecule has 2 aliphatic rings. The molecule has 2 fully saturated rings. The Morgan fingerprint density at radius 1 is 0.684 bits per heavy atom. The normalized spacial score (nSPS) is 22.7. The SMILES string of the molecule is [CH](CCCN1CCOCC1)CCCN1CCOCC1. The molecule has 19 heavy (non-hydrogen) atoms. The smallest absolute Gasteiger partial charge is 0.0594 e. The van der Waals surface area contributed by atoms with Crippen LogP contribution in [0.2, 0.25) is 0 Å². The van der Waals surface area contributed by atoms with E-state index in [1.165, 1.54) is 38.8 Å². The first-order chi connectivity index (χ1) is 9.45. The summed E-state index contributed by atoms with van der Waals surface area (Å²) in [5.74, 6) is 0. The summed E-state index contributed by atoms with van der Waals surface area (Å²) in [7, 11) is 0. The van der Waals surface area contributed by atoms with Crippen LogP contribution in [-0.2, 0) is 9.47 Å². The lowest BCUT2D eigenvalue weighted by molar-refractivity contribution is 0.0369. The molecule has 0 bridgehead atoms. The molecule has 0 unspecified atom stereocenters. The second kappa shape index (κ2) is 9.70. The van der Waals surface area contributed by atoms with E-state index in [2.05, 4.69) is 16.2 Å². The molecule has 0 atom stereocenters. The topological polar surface area (TPSA) is 24.9 Å². The van der Waals surface area contributed by atoms with E-state index in [4.69, 9.17) is 9.47 Å². The Hall–Kier alpha value is -0.160. The van der Waals surface area contributed by atoms with Gasteiger partial charge in [0, 0.05) is 26.2 Å². The highest BCUT2D eigenvalue weighted by Gasteiger charge is 2.10. The zero-order chi connectivity index (χ0) is 13.2. The van der Waals surface area contributed by atoms with Gasteiger partial charge in [0.1, 0.15) is 0 Å². The zero-order valence-electron chi connectivity index (χ0n) is 12.2. The van der Waals surface area contributed by atoms with Crippen molar-refractivity contribution in [3.05, 3.63) is 6.42 Å². The first-order valence-corrected chi connectivity index (χ1v) is 7.87. The summed E-state index contributed by atoms with van der Waals surface area (Å²) in [6.45, 7) is 10.6. The zero-order valence-corrected chi connectivity index (χ0v) is 12.2. The second-order valence-corrected chi connectivity index (χ2v) is 5.48. The minimum atomic E-state index is 0.920. The Morgan fingerprint density at radius 2 is 1.11 bits per heavy atom. The molecule has 2 aliphatic heterocycles. The number of unbranched alkanes of at least 4 members (excludes halogenated alkanes) is 4. The van der Waals surface area contributed by atoms with Crippen LogP contribution in [0.4, 0.5) is 0 Å². The summed E-state index contributed by atoms with van der Waals surface area (Å²) >= 11 is 0. The molecule has 0 aromatic carbocycles. The first kappa shape index (κ1) is 15.2. The van der Waals surface area contributed by atoms with Gasteiger partial charge < -0.3 is 9.47 Å². The van der Waals surface area contributed by atoms with Crippen molar-refractivity contribution in [3.8, 4) is 0 Å². The Labute approximate surface area is 118 Å². The van der Waals surface area contributed by atoms with Gasteiger partial charge in [0.15, 0.2) is 0 Å². The number of hydrogen-bond acceptors (Lipinski definition) is 4. The van der Waals surface area contributed by atoms with Gasteiger partial charge >= 0.3 is 0 Å². The molecule has 0 aromatic rings. The predicted molar refractivity (Wildman–Crippen MR) is 77.3 cm³/mol. The van der Waals surface area contributed by atoms with Crippen LogP contribution < -0.4 is 0 Å². The van der Waals surface area contributed by atoms with Crippen molar-refractivity contribution in [2.75, 3.05) is 65.7 Å². The number of morpholine rings is 2. The quantitative estimate of drug-likeness (QED) is 0.622. The second-order valence-electron chi connectivity index (χ2n) is 5.48. The third-order valence-corrected chi connectivity index (χ3v) is 3.97. The van der Waals surface area contributed by atoms with Crippen LogP contribution in [0.3, 0.4) is 0 Å². The molecule has 111 valence electrons. The van der Waals surface area contributed by atoms with Gasteiger partial charge in [-0.25, -0.2) is 0 Å². The molecule has 4 heteroatoms. The van der Waals surface area contributed by atoms with Gasteiger partial charge in [-0.1, -0.05) is 0 Å². The lowest BCUT2D eigenvalue weighted by Gasteiger charge is -2.26. The van der Waals surface area contributed by atoms with Gasteiger partial charge in [0.05, 0.1) is 26.4 Å². The van der Waals surface area contributed by atoms with Crippen LogP contribution in [0.5, 0.6) is 0 Å². The largest absolute Gasteiger partial charge is 0.379 e. The molecule has 2 saturated heterocycles. The van der Waals surface area contributed by atoms with Crippen LogP contribution in [0.1, 0.15) is 25.7 Å². The van der Waals surface area contributed by atoms with Gasteiger partial charge in [-0.3, -0.25) is 9.80 Å². The van der Waals surface area contributed by atoms with Gasteiger partial charge in [-0.2, -0.15) is 0 Å². The monoisotopic (exact) mass is 269 g/mol. The summed E-state index contributed by atoms with van der Waals surface area (Å²) < 4.78 is 10.7. The molecule has 4 nitrogen and oxygen atoms in total. The highest BCUT2D eigenvalue weighted by Crippen LogP contribution is 2.06. The van der Waals surface area contributed by atoms with E-state index in [1.807, 2.05) is 0 Å². The summed E-state index contributed by atoms with van der Waals surface area (Å²) in [6, 6.07) is 0. The number of rotatable bonds is 8. The summed E-state index contributed by atoms with van der Waals surface area (Å²) in [5, 5.41) is 0. The Morgan fingerprint density at radius 3 is 1.53 bits per heavy atom. The van der Waals surface area contributed by atoms with Crippen LogP contribution in [0, 0.1) is 6.42 Å². The lowest BCUT2D eigenvalue weighted by Crippen LogP contribution is -2.37. The van der Waals surface area contributed by atoms with Crippen molar-refractivity contribution in [1.82, 2.24) is 9.80 Å². The Balaban J connectivity index is 1.35. The van der Waals surface area contributed by atoms with E-state index >= 15 is 0 Å². The van der Waals surface area contributed by atoms with Crippen LogP contribution >= 0.6 is 0 Å². The fourth-order valence-electron chi connectivity index (χ4n) is 2.71. The molecule has 0 saturated carbocycles. The van der Waals surface area contributed by atoms with Crippen molar-refractivity contribution >= 4 is 0 Å². The molecule has 0 aliphatic carbocycles. The maximum Gasteiger partial charge on any atom is 0.0594 e. The van der Waals surface area contributed by atoms with E-state index < -0.39 is 0 Å². The summed E-state index contributed by atoms with van der Waals surface area (Å²) in [6.07, 6.45) is 7.61. The lowest BCUT2D eigenvalue weighted by atomic mass is 10.1. The van der Waals surface area contributed by atoms with E-state index in [0.717, 1.165) is 52.6 Å². The van der Waals surface area contributed by atoms with Gasteiger partial charge in [0.25, 0.3) is 0 Å². The maximum atomic E-state index is 5.35. The fraction of sp³-hybridized carbons (Fsp3) is 0.933. The Kier molecular flexibility index (Phi) is 7.78. The fourth-order valence-corrected chi connectivity index (χ4v) is 2.71. The first-order valence-electron chi connectivity index (χ1n) is 7.87. The van der Waals surface area contributed by atoms with E-state index in [9.17, 15) is 0 Å². The van der Waals surface area contributed by atoms with Crippen LogP contribution in [-0.4, -0.2) is 75.5 Å². The van der Waals surface area contributed by atoms with E-state index in [0.29, 0.717) is 0 Å².